The van der Waals surface area contributed by atoms with Crippen LogP contribution >= 0.6 is 0 Å². The van der Waals surface area contributed by atoms with Crippen molar-refractivity contribution in [3.8, 4) is 35.0 Å². The number of allylic oxidation sites excluding steroid dienone is 1. The van der Waals surface area contributed by atoms with Gasteiger partial charge in [0, 0.05) is 22.3 Å². The summed E-state index contributed by atoms with van der Waals surface area (Å²) in [5.74, 6) is 4.12. The standard InChI is InChI=1S/C29H27NO3/c1-6-16-32-21-11-9-10-20(17-21)28-27-23(22-12-7-8-13-25(22)33-28)14-15-24-26(27)19(2)18-29(3,4)30(24)31-5/h1,7-15,17-18,28H,16H2,2-5H3. The molecule has 1 unspecified atom stereocenters. The number of hydrogen-bond acceptors (Lipinski definition) is 4. The summed E-state index contributed by atoms with van der Waals surface area (Å²) in [6.07, 6.45) is 7.34. The molecule has 0 saturated carbocycles. The van der Waals surface area contributed by atoms with Gasteiger partial charge in [-0.25, -0.2) is 5.06 Å². The van der Waals surface area contributed by atoms with E-state index in [0.717, 1.165) is 39.4 Å². The summed E-state index contributed by atoms with van der Waals surface area (Å²) >= 11 is 0. The molecule has 0 amide bonds. The average molecular weight is 438 g/mol. The third-order valence-corrected chi connectivity index (χ3v) is 6.28. The molecule has 2 aliphatic heterocycles. The van der Waals surface area contributed by atoms with Crippen molar-refractivity contribution in [2.75, 3.05) is 18.8 Å². The summed E-state index contributed by atoms with van der Waals surface area (Å²) in [6, 6.07) is 20.5. The van der Waals surface area contributed by atoms with Crippen molar-refractivity contribution in [3.05, 3.63) is 83.4 Å². The third kappa shape index (κ3) is 3.46. The first-order chi connectivity index (χ1) is 15.9. The van der Waals surface area contributed by atoms with Crippen LogP contribution in [0.5, 0.6) is 11.5 Å². The van der Waals surface area contributed by atoms with Gasteiger partial charge in [-0.05, 0) is 56.2 Å². The van der Waals surface area contributed by atoms with Crippen LogP contribution in [0.3, 0.4) is 0 Å². The van der Waals surface area contributed by atoms with Gasteiger partial charge in [0.25, 0.3) is 0 Å². The van der Waals surface area contributed by atoms with E-state index < -0.39 is 0 Å². The number of terminal acetylenes is 1. The van der Waals surface area contributed by atoms with E-state index in [1.165, 1.54) is 11.1 Å². The number of fused-ring (bicyclic) bond motifs is 5. The van der Waals surface area contributed by atoms with E-state index >= 15 is 0 Å². The Morgan fingerprint density at radius 2 is 1.88 bits per heavy atom. The molecule has 33 heavy (non-hydrogen) atoms. The van der Waals surface area contributed by atoms with Crippen molar-refractivity contribution in [2.24, 2.45) is 0 Å². The minimum absolute atomic E-state index is 0.226. The summed E-state index contributed by atoms with van der Waals surface area (Å²) < 4.78 is 12.4. The molecular formula is C29H27NO3. The number of anilines is 1. The highest BCUT2D eigenvalue weighted by Gasteiger charge is 2.38. The topological polar surface area (TPSA) is 30.9 Å². The fourth-order valence-electron chi connectivity index (χ4n) is 5.11. The van der Waals surface area contributed by atoms with Crippen molar-refractivity contribution in [1.29, 1.82) is 0 Å². The first-order valence-electron chi connectivity index (χ1n) is 11.1. The lowest BCUT2D eigenvalue weighted by Gasteiger charge is -2.43. The summed E-state index contributed by atoms with van der Waals surface area (Å²) in [5.41, 5.74) is 7.50. The second-order valence-corrected chi connectivity index (χ2v) is 8.94. The van der Waals surface area contributed by atoms with Crippen molar-refractivity contribution in [2.45, 2.75) is 32.4 Å². The quantitative estimate of drug-likeness (QED) is 0.441. The van der Waals surface area contributed by atoms with E-state index in [1.807, 2.05) is 41.5 Å². The van der Waals surface area contributed by atoms with Crippen molar-refractivity contribution in [3.63, 3.8) is 0 Å². The lowest BCUT2D eigenvalue weighted by atomic mass is 9.80. The molecule has 5 rings (SSSR count). The van der Waals surface area contributed by atoms with Gasteiger partial charge in [0.1, 0.15) is 18.1 Å². The number of hydrogen-bond donors (Lipinski definition) is 0. The second kappa shape index (κ2) is 8.03. The van der Waals surface area contributed by atoms with Crippen LogP contribution in [0.4, 0.5) is 5.69 Å². The number of para-hydroxylation sites is 1. The molecular weight excluding hydrogens is 410 g/mol. The van der Waals surface area contributed by atoms with Gasteiger partial charge >= 0.3 is 0 Å². The minimum atomic E-state index is -0.303. The van der Waals surface area contributed by atoms with Gasteiger partial charge in [-0.15, -0.1) is 6.42 Å². The predicted molar refractivity (Wildman–Crippen MR) is 132 cm³/mol. The van der Waals surface area contributed by atoms with Crippen LogP contribution in [0.2, 0.25) is 0 Å². The molecule has 0 aromatic heterocycles. The number of rotatable bonds is 4. The molecule has 3 aromatic carbocycles. The molecule has 1 atom stereocenters. The Labute approximate surface area is 195 Å². The predicted octanol–water partition coefficient (Wildman–Crippen LogP) is 6.41. The molecule has 0 fully saturated rings. The van der Waals surface area contributed by atoms with Crippen LogP contribution in [0.15, 0.2) is 66.7 Å². The molecule has 166 valence electrons. The van der Waals surface area contributed by atoms with Crippen LogP contribution in [-0.2, 0) is 4.84 Å². The van der Waals surface area contributed by atoms with Crippen LogP contribution in [0.25, 0.3) is 16.7 Å². The number of hydroxylamine groups is 1. The smallest absolute Gasteiger partial charge is 0.150 e. The zero-order valence-electron chi connectivity index (χ0n) is 19.4. The Hall–Kier alpha value is -3.68. The molecule has 0 aliphatic carbocycles. The summed E-state index contributed by atoms with van der Waals surface area (Å²) in [7, 11) is 1.72. The number of nitrogens with zero attached hydrogens (tertiary/aromatic N) is 1. The Kier molecular flexibility index (Phi) is 5.15. The van der Waals surface area contributed by atoms with Gasteiger partial charge < -0.3 is 9.47 Å². The minimum Gasteiger partial charge on any atom is -0.481 e. The monoisotopic (exact) mass is 437 g/mol. The molecule has 4 heteroatoms. The Morgan fingerprint density at radius 1 is 1.06 bits per heavy atom. The molecule has 4 nitrogen and oxygen atoms in total. The summed E-state index contributed by atoms with van der Waals surface area (Å²) in [5, 5.41) is 1.97. The van der Waals surface area contributed by atoms with Crippen molar-refractivity contribution < 1.29 is 14.3 Å². The van der Waals surface area contributed by atoms with Gasteiger partial charge in [0.05, 0.1) is 18.3 Å². The summed E-state index contributed by atoms with van der Waals surface area (Å²) in [6.45, 7) is 6.69. The molecule has 3 aromatic rings. The highest BCUT2D eigenvalue weighted by Crippen LogP contribution is 2.52. The summed E-state index contributed by atoms with van der Waals surface area (Å²) in [4.78, 5) is 5.86. The average Bonchev–Trinajstić information content (AvgIpc) is 2.81. The largest absolute Gasteiger partial charge is 0.481 e. The molecule has 0 spiro atoms. The first kappa shape index (κ1) is 21.2. The molecule has 0 N–H and O–H groups in total. The highest BCUT2D eigenvalue weighted by atomic mass is 16.7. The van der Waals surface area contributed by atoms with Crippen LogP contribution in [0.1, 0.15) is 43.6 Å². The van der Waals surface area contributed by atoms with E-state index in [1.54, 1.807) is 7.11 Å². The Morgan fingerprint density at radius 3 is 2.67 bits per heavy atom. The first-order valence-corrected chi connectivity index (χ1v) is 11.1. The number of ether oxygens (including phenoxy) is 2. The van der Waals surface area contributed by atoms with Crippen LogP contribution in [-0.4, -0.2) is 19.3 Å². The Bertz CT molecular complexity index is 1300. The Balaban J connectivity index is 1.76. The van der Waals surface area contributed by atoms with Gasteiger partial charge in [-0.3, -0.25) is 4.84 Å². The molecule has 2 aliphatic rings. The lowest BCUT2D eigenvalue weighted by molar-refractivity contribution is 0.123. The fourth-order valence-corrected chi connectivity index (χ4v) is 5.11. The zero-order chi connectivity index (χ0) is 23.2. The lowest BCUT2D eigenvalue weighted by Crippen LogP contribution is -2.44. The van der Waals surface area contributed by atoms with Gasteiger partial charge in [-0.1, -0.05) is 48.4 Å². The van der Waals surface area contributed by atoms with E-state index in [2.05, 4.69) is 57.0 Å². The highest BCUT2D eigenvalue weighted by molar-refractivity contribution is 5.90. The van der Waals surface area contributed by atoms with Gasteiger partial charge in [0.2, 0.25) is 0 Å². The second-order valence-electron chi connectivity index (χ2n) is 8.94. The van der Waals surface area contributed by atoms with Gasteiger partial charge in [0.15, 0.2) is 6.10 Å². The SMILES string of the molecule is C#CCOc1cccc(C2Oc3ccccc3-c3ccc4c(c32)C(C)=CC(C)(C)N4OC)c1. The molecule has 0 radical (unpaired) electrons. The van der Waals surface area contributed by atoms with Crippen LogP contribution in [0, 0.1) is 12.3 Å². The normalized spacial score (nSPS) is 17.6. The van der Waals surface area contributed by atoms with E-state index in [4.69, 9.17) is 20.7 Å². The van der Waals surface area contributed by atoms with Crippen molar-refractivity contribution >= 4 is 11.3 Å². The fraction of sp³-hybridized carbons (Fsp3) is 0.241. The van der Waals surface area contributed by atoms with Crippen molar-refractivity contribution in [1.82, 2.24) is 0 Å². The van der Waals surface area contributed by atoms with Crippen LogP contribution < -0.4 is 14.5 Å². The maximum Gasteiger partial charge on any atom is 0.150 e. The maximum absolute atomic E-state index is 6.66. The zero-order valence-corrected chi connectivity index (χ0v) is 19.4. The maximum atomic E-state index is 6.66. The van der Waals surface area contributed by atoms with E-state index in [-0.39, 0.29) is 18.2 Å². The molecule has 0 bridgehead atoms. The van der Waals surface area contributed by atoms with E-state index in [0.29, 0.717) is 0 Å². The molecule has 0 saturated heterocycles. The number of benzene rings is 3. The van der Waals surface area contributed by atoms with E-state index in [9.17, 15) is 0 Å². The van der Waals surface area contributed by atoms with Gasteiger partial charge in [-0.2, -0.15) is 0 Å². The molecule has 2 heterocycles. The third-order valence-electron chi connectivity index (χ3n) is 6.28.